The highest BCUT2D eigenvalue weighted by Gasteiger charge is 2.28. The van der Waals surface area contributed by atoms with E-state index in [0.29, 0.717) is 36.3 Å². The van der Waals surface area contributed by atoms with E-state index in [4.69, 9.17) is 19.2 Å². The van der Waals surface area contributed by atoms with Crippen LogP contribution in [0.15, 0.2) is 24.4 Å². The summed E-state index contributed by atoms with van der Waals surface area (Å²) in [5.41, 5.74) is 5.10. The smallest absolute Gasteiger partial charge is 0.316 e. The monoisotopic (exact) mass is 492 g/mol. The van der Waals surface area contributed by atoms with Gasteiger partial charge in [0.1, 0.15) is 18.0 Å². The van der Waals surface area contributed by atoms with Crippen LogP contribution >= 0.6 is 0 Å². The molecule has 2 fully saturated rings. The average molecular weight is 493 g/mol. The summed E-state index contributed by atoms with van der Waals surface area (Å²) in [5.74, 6) is 0.575. The number of aromatic nitrogens is 6. The van der Waals surface area contributed by atoms with Crippen LogP contribution in [0.4, 0.5) is 0 Å². The maximum Gasteiger partial charge on any atom is 0.316 e. The summed E-state index contributed by atoms with van der Waals surface area (Å²) in [4.78, 5) is 25.4. The molecule has 2 aliphatic rings. The van der Waals surface area contributed by atoms with E-state index < -0.39 is 0 Å². The summed E-state index contributed by atoms with van der Waals surface area (Å²) in [6.07, 6.45) is 7.28. The second-order valence-electron chi connectivity index (χ2n) is 9.59. The first-order valence-corrected chi connectivity index (χ1v) is 12.5. The number of carbonyl (C=O) groups excluding carboxylic acids is 1. The van der Waals surface area contributed by atoms with Crippen molar-refractivity contribution in [3.8, 4) is 17.4 Å². The number of nitrogens with zero attached hydrogens (tertiary/aromatic N) is 6. The van der Waals surface area contributed by atoms with Gasteiger partial charge in [0, 0.05) is 43.4 Å². The number of aryl methyl sites for hydroxylation is 2. The highest BCUT2D eigenvalue weighted by atomic mass is 16.5. The number of rotatable bonds is 8. The zero-order valence-corrected chi connectivity index (χ0v) is 21.0. The van der Waals surface area contributed by atoms with E-state index in [1.165, 1.54) is 26.4 Å². The minimum Gasteiger partial charge on any atom is -0.469 e. The molecule has 0 bridgehead atoms. The predicted molar refractivity (Wildman–Crippen MR) is 130 cm³/mol. The molecule has 10 heteroatoms. The van der Waals surface area contributed by atoms with Gasteiger partial charge in [-0.3, -0.25) is 9.78 Å². The molecule has 190 valence electrons. The molecule has 0 radical (unpaired) electrons. The summed E-state index contributed by atoms with van der Waals surface area (Å²) in [6.45, 7) is 2.82. The van der Waals surface area contributed by atoms with Crippen molar-refractivity contribution in [3.05, 3.63) is 47.0 Å². The summed E-state index contributed by atoms with van der Waals surface area (Å²) in [7, 11) is 3.26. The van der Waals surface area contributed by atoms with Crippen molar-refractivity contribution in [1.29, 1.82) is 0 Å². The van der Waals surface area contributed by atoms with Crippen molar-refractivity contribution >= 4 is 5.97 Å². The molecule has 5 rings (SSSR count). The molecular formula is C26H32N6O4. The zero-order valence-electron chi connectivity index (χ0n) is 21.0. The second-order valence-corrected chi connectivity index (χ2v) is 9.59. The lowest BCUT2D eigenvalue weighted by Gasteiger charge is -2.30. The number of hydrogen-bond acceptors (Lipinski definition) is 9. The third-order valence-corrected chi connectivity index (χ3v) is 7.25. The Bertz CT molecular complexity index is 1220. The van der Waals surface area contributed by atoms with Gasteiger partial charge >= 0.3 is 12.0 Å². The van der Waals surface area contributed by atoms with Crippen molar-refractivity contribution in [3.63, 3.8) is 0 Å². The van der Waals surface area contributed by atoms with Crippen molar-refractivity contribution in [2.24, 2.45) is 13.0 Å². The minimum absolute atomic E-state index is 0.0975. The first-order valence-electron chi connectivity index (χ1n) is 12.5. The van der Waals surface area contributed by atoms with Gasteiger partial charge in [-0.2, -0.15) is 4.98 Å². The van der Waals surface area contributed by atoms with Crippen molar-refractivity contribution in [1.82, 2.24) is 29.9 Å². The quantitative estimate of drug-likeness (QED) is 0.432. The van der Waals surface area contributed by atoms with Crippen LogP contribution in [0.1, 0.15) is 73.2 Å². The summed E-state index contributed by atoms with van der Waals surface area (Å²) in [6, 6.07) is 6.31. The second kappa shape index (κ2) is 10.7. The molecule has 36 heavy (non-hydrogen) atoms. The van der Waals surface area contributed by atoms with Crippen LogP contribution in [0.5, 0.6) is 6.01 Å². The maximum absolute atomic E-state index is 11.7. The molecule has 0 aromatic carbocycles. The van der Waals surface area contributed by atoms with Gasteiger partial charge in [0.05, 0.1) is 24.6 Å². The van der Waals surface area contributed by atoms with Crippen LogP contribution in [0.25, 0.3) is 11.4 Å². The number of methoxy groups -OCH3 is 1. The Labute approximate surface area is 210 Å². The molecule has 1 saturated heterocycles. The van der Waals surface area contributed by atoms with Crippen molar-refractivity contribution in [2.45, 2.75) is 64.1 Å². The molecule has 0 spiro atoms. The lowest BCUT2D eigenvalue weighted by atomic mass is 9.83. The number of carbonyl (C=O) groups is 1. The van der Waals surface area contributed by atoms with E-state index >= 15 is 0 Å². The van der Waals surface area contributed by atoms with E-state index in [1.54, 1.807) is 10.9 Å². The molecule has 1 saturated carbocycles. The van der Waals surface area contributed by atoms with Crippen LogP contribution in [-0.4, -0.2) is 49.6 Å². The number of ether oxygens (including phenoxy) is 3. The molecule has 2 atom stereocenters. The van der Waals surface area contributed by atoms with E-state index in [0.717, 1.165) is 35.5 Å². The number of pyridine rings is 1. The average Bonchev–Trinajstić information content (AvgIpc) is 3.22. The van der Waals surface area contributed by atoms with E-state index in [1.807, 2.05) is 32.2 Å². The Kier molecular flexibility index (Phi) is 7.22. The largest absolute Gasteiger partial charge is 0.469 e. The normalized spacial score (nSPS) is 20.1. The van der Waals surface area contributed by atoms with Gasteiger partial charge in [-0.15, -0.1) is 5.10 Å². The summed E-state index contributed by atoms with van der Waals surface area (Å²) >= 11 is 0. The molecule has 1 aliphatic heterocycles. The molecule has 3 aromatic rings. The lowest BCUT2D eigenvalue weighted by Crippen LogP contribution is -2.23. The van der Waals surface area contributed by atoms with Gasteiger partial charge in [-0.05, 0) is 50.7 Å². The van der Waals surface area contributed by atoms with Gasteiger partial charge < -0.3 is 14.2 Å². The van der Waals surface area contributed by atoms with Gasteiger partial charge in [0.2, 0.25) is 0 Å². The Hall–Kier alpha value is -3.40. The van der Waals surface area contributed by atoms with Crippen LogP contribution in [-0.2, 0) is 27.9 Å². The molecule has 0 N–H and O–H groups in total. The van der Waals surface area contributed by atoms with Crippen LogP contribution < -0.4 is 4.74 Å². The van der Waals surface area contributed by atoms with Crippen molar-refractivity contribution < 1.29 is 19.0 Å². The fourth-order valence-corrected chi connectivity index (χ4v) is 4.86. The maximum atomic E-state index is 11.7. The topological polar surface area (TPSA) is 114 Å². The molecule has 3 aromatic heterocycles. The Morgan fingerprint density at radius 2 is 2.06 bits per heavy atom. The van der Waals surface area contributed by atoms with E-state index in [-0.39, 0.29) is 24.6 Å². The number of esters is 1. The first-order chi connectivity index (χ1) is 17.5. The highest BCUT2D eigenvalue weighted by molar-refractivity contribution is 5.69. The molecule has 4 heterocycles. The van der Waals surface area contributed by atoms with Crippen LogP contribution in [0.3, 0.4) is 0 Å². The van der Waals surface area contributed by atoms with Gasteiger partial charge in [-0.25, -0.2) is 9.67 Å². The molecular weight excluding hydrogens is 460 g/mol. The third-order valence-electron chi connectivity index (χ3n) is 7.25. The predicted octanol–water partition coefficient (Wildman–Crippen LogP) is 3.85. The fraction of sp³-hybridized carbons (Fsp3) is 0.538. The highest BCUT2D eigenvalue weighted by Crippen LogP contribution is 2.36. The minimum atomic E-state index is -0.177. The molecule has 1 aliphatic carbocycles. The number of hydrogen-bond donors (Lipinski definition) is 0. The van der Waals surface area contributed by atoms with Gasteiger partial charge in [0.15, 0.2) is 0 Å². The summed E-state index contributed by atoms with van der Waals surface area (Å²) in [5, 5.41) is 8.55. The molecule has 2 unspecified atom stereocenters. The SMILES string of the molecule is COC(=O)CC1CCOC(c2ccc(-c3nnn(C)c3COc3nccc(C4CCC4)n3)nc2C)C1. The van der Waals surface area contributed by atoms with Crippen molar-refractivity contribution in [2.75, 3.05) is 13.7 Å². The van der Waals surface area contributed by atoms with Gasteiger partial charge in [0.25, 0.3) is 0 Å². The standard InChI is InChI=1S/C26H32N6O4/c1-16-19(23-13-17(10-12-35-23)14-24(33)34-3)7-8-21(28-16)25-22(32(2)31-30-25)15-36-26-27-11-9-20(29-26)18-5-4-6-18/h7-9,11,17-18,23H,4-6,10,12-15H2,1-3H3. The Morgan fingerprint density at radius 3 is 2.81 bits per heavy atom. The first kappa shape index (κ1) is 24.3. The Morgan fingerprint density at radius 1 is 1.19 bits per heavy atom. The Balaban J connectivity index is 1.30. The van der Waals surface area contributed by atoms with E-state index in [9.17, 15) is 4.79 Å². The summed E-state index contributed by atoms with van der Waals surface area (Å²) < 4.78 is 18.5. The van der Waals surface area contributed by atoms with Crippen LogP contribution in [0.2, 0.25) is 0 Å². The van der Waals surface area contributed by atoms with Gasteiger partial charge in [-0.1, -0.05) is 17.7 Å². The van der Waals surface area contributed by atoms with E-state index in [2.05, 4.69) is 20.3 Å². The molecule has 10 nitrogen and oxygen atoms in total. The van der Waals surface area contributed by atoms with Crippen LogP contribution in [0, 0.1) is 12.8 Å². The zero-order chi connectivity index (χ0) is 25.1. The molecule has 0 amide bonds. The third kappa shape index (κ3) is 5.23. The fourth-order valence-electron chi connectivity index (χ4n) is 4.86. The lowest BCUT2D eigenvalue weighted by molar-refractivity contribution is -0.143.